The second-order valence-electron chi connectivity index (χ2n) is 12.0. The van der Waals surface area contributed by atoms with E-state index in [1.165, 1.54) is 18.1 Å². The number of methoxy groups -OCH3 is 1. The molecule has 1 fully saturated rings. The first kappa shape index (κ1) is 31.0. The molecule has 1 aliphatic rings. The van der Waals surface area contributed by atoms with Crippen LogP contribution in [0, 0.1) is 12.3 Å². The third-order valence-corrected chi connectivity index (χ3v) is 6.30. The number of carbonyl (C=O) groups excluding carboxylic acids is 3. The van der Waals surface area contributed by atoms with Gasteiger partial charge in [0.15, 0.2) is 0 Å². The number of nitrogens with zero attached hydrogens (tertiary/aromatic N) is 2. The maximum Gasteiger partial charge on any atom is 0.433 e. The molecule has 1 aromatic carbocycles. The van der Waals surface area contributed by atoms with Gasteiger partial charge in [0.05, 0.1) is 19.2 Å². The molecule has 2 aromatic rings. The summed E-state index contributed by atoms with van der Waals surface area (Å²) in [6.45, 7) is 11.9. The van der Waals surface area contributed by atoms with Gasteiger partial charge in [-0.1, -0.05) is 32.4 Å². The van der Waals surface area contributed by atoms with Crippen LogP contribution >= 0.6 is 0 Å². The van der Waals surface area contributed by atoms with Crippen molar-refractivity contribution < 1.29 is 41.8 Å². The molecule has 0 bridgehead atoms. The molecule has 0 aliphatic carbocycles. The molecule has 0 radical (unpaired) electrons. The Morgan fingerprint density at radius 2 is 1.73 bits per heavy atom. The van der Waals surface area contributed by atoms with Gasteiger partial charge in [0, 0.05) is 17.9 Å². The van der Waals surface area contributed by atoms with Crippen molar-refractivity contribution >= 4 is 28.9 Å². The van der Waals surface area contributed by atoms with Crippen molar-refractivity contribution in [2.45, 2.75) is 84.9 Å². The van der Waals surface area contributed by atoms with Gasteiger partial charge in [0.25, 0.3) is 0 Å². The Hall–Kier alpha value is -3.57. The smallest absolute Gasteiger partial charge is 0.433 e. The monoisotopic (exact) mass is 567 g/mol. The van der Waals surface area contributed by atoms with Gasteiger partial charge in [-0.05, 0) is 45.2 Å². The molecule has 1 aliphatic heterocycles. The van der Waals surface area contributed by atoms with Gasteiger partial charge in [0.2, 0.25) is 5.91 Å². The Bertz CT molecular complexity index is 1280. The van der Waals surface area contributed by atoms with Crippen molar-refractivity contribution in [3.05, 3.63) is 35.5 Å². The molecule has 0 spiro atoms. The summed E-state index contributed by atoms with van der Waals surface area (Å²) >= 11 is 0. The summed E-state index contributed by atoms with van der Waals surface area (Å²) in [4.78, 5) is 44.0. The zero-order chi connectivity index (χ0) is 30.2. The molecule has 3 atom stereocenters. The number of aryl methyl sites for hydroxylation is 1. The van der Waals surface area contributed by atoms with E-state index in [-0.39, 0.29) is 24.2 Å². The first-order chi connectivity index (χ1) is 18.3. The number of likely N-dealkylation sites (tertiary alicyclic amines) is 1. The quantitative estimate of drug-likeness (QED) is 0.506. The van der Waals surface area contributed by atoms with Gasteiger partial charge in [-0.3, -0.25) is 4.79 Å². The number of fused-ring (bicyclic) bond motifs is 1. The summed E-state index contributed by atoms with van der Waals surface area (Å²) in [6, 6.07) is 3.44. The van der Waals surface area contributed by atoms with Crippen molar-refractivity contribution in [1.29, 1.82) is 0 Å². The second-order valence-corrected chi connectivity index (χ2v) is 12.0. The standard InChI is InChI=1S/C28H36F3N3O6/c1-15-9-10-18-17(11-15)20(13-21(32-18)28(29,30)31)39-16-12-19(24(36)38-8)34(14-16)23(35)22(26(2,3)4)33-25(37)40-27(5,6)7/h9-11,13,16,19,22H,12,14H2,1-8H3,(H,33,37)/t16-,19+,22-/m1/s1. The van der Waals surface area contributed by atoms with E-state index in [4.69, 9.17) is 14.2 Å². The molecule has 2 heterocycles. The lowest BCUT2D eigenvalue weighted by Gasteiger charge is -2.35. The third-order valence-electron chi connectivity index (χ3n) is 6.30. The summed E-state index contributed by atoms with van der Waals surface area (Å²) in [5.41, 5.74) is -1.83. The van der Waals surface area contributed by atoms with Crippen molar-refractivity contribution in [3.8, 4) is 5.75 Å². The summed E-state index contributed by atoms with van der Waals surface area (Å²) < 4.78 is 57.1. The van der Waals surface area contributed by atoms with E-state index in [0.717, 1.165) is 11.6 Å². The van der Waals surface area contributed by atoms with Crippen molar-refractivity contribution in [2.24, 2.45) is 5.41 Å². The highest BCUT2D eigenvalue weighted by Gasteiger charge is 2.47. The summed E-state index contributed by atoms with van der Waals surface area (Å²) in [6.07, 6.45) is -6.39. The number of halogens is 3. The van der Waals surface area contributed by atoms with E-state index in [1.54, 1.807) is 60.6 Å². The summed E-state index contributed by atoms with van der Waals surface area (Å²) in [5.74, 6) is -1.36. The fourth-order valence-corrected chi connectivity index (χ4v) is 4.46. The number of hydrogen-bond acceptors (Lipinski definition) is 7. The van der Waals surface area contributed by atoms with Crippen molar-refractivity contribution in [3.63, 3.8) is 0 Å². The van der Waals surface area contributed by atoms with Gasteiger partial charge < -0.3 is 24.4 Å². The van der Waals surface area contributed by atoms with Crippen molar-refractivity contribution in [2.75, 3.05) is 13.7 Å². The number of alkyl halides is 3. The van der Waals surface area contributed by atoms with Crippen LogP contribution in [0.3, 0.4) is 0 Å². The largest absolute Gasteiger partial charge is 0.488 e. The molecule has 12 heteroatoms. The highest BCUT2D eigenvalue weighted by molar-refractivity contribution is 5.91. The molecule has 1 N–H and O–H groups in total. The number of ether oxygens (including phenoxy) is 3. The predicted molar refractivity (Wildman–Crippen MR) is 141 cm³/mol. The van der Waals surface area contributed by atoms with Crippen LogP contribution in [0.4, 0.5) is 18.0 Å². The number of esters is 1. The van der Waals surface area contributed by atoms with Crippen LogP contribution in [0.25, 0.3) is 10.9 Å². The van der Waals surface area contributed by atoms with Gasteiger partial charge in [-0.2, -0.15) is 13.2 Å². The molecule has 3 rings (SSSR count). The number of aromatic nitrogens is 1. The lowest BCUT2D eigenvalue weighted by Crippen LogP contribution is -2.57. The molecule has 9 nitrogen and oxygen atoms in total. The molecule has 0 unspecified atom stereocenters. The first-order valence-corrected chi connectivity index (χ1v) is 12.8. The van der Waals surface area contributed by atoms with Crippen LogP contribution in [0.1, 0.15) is 59.2 Å². The van der Waals surface area contributed by atoms with Crippen LogP contribution < -0.4 is 10.1 Å². The van der Waals surface area contributed by atoms with Crippen LogP contribution in [0.2, 0.25) is 0 Å². The number of amides is 2. The normalized spacial score (nSPS) is 18.8. The average Bonchev–Trinajstić information content (AvgIpc) is 3.23. The Kier molecular flexibility index (Phi) is 8.62. The van der Waals surface area contributed by atoms with Crippen LogP contribution in [0.5, 0.6) is 5.75 Å². The fourth-order valence-electron chi connectivity index (χ4n) is 4.46. The average molecular weight is 568 g/mol. The van der Waals surface area contributed by atoms with E-state index < -0.39 is 59.0 Å². The molecular formula is C28H36F3N3O6. The van der Waals surface area contributed by atoms with E-state index >= 15 is 0 Å². The van der Waals surface area contributed by atoms with Crippen molar-refractivity contribution in [1.82, 2.24) is 15.2 Å². The molecule has 40 heavy (non-hydrogen) atoms. The first-order valence-electron chi connectivity index (χ1n) is 12.8. The molecule has 2 amide bonds. The number of alkyl carbamates (subject to hydrolysis) is 1. The van der Waals surface area contributed by atoms with Gasteiger partial charge in [-0.15, -0.1) is 0 Å². The SMILES string of the molecule is COC(=O)[C@@H]1C[C@@H](Oc2cc(C(F)(F)F)nc3ccc(C)cc23)CN1C(=O)[C@@H](NC(=O)OC(C)(C)C)C(C)(C)C. The fraction of sp³-hybridized carbons (Fsp3) is 0.571. The number of rotatable bonds is 5. The number of nitrogens with one attached hydrogen (secondary N) is 1. The second kappa shape index (κ2) is 11.1. The van der Waals surface area contributed by atoms with E-state index in [2.05, 4.69) is 10.3 Å². The highest BCUT2D eigenvalue weighted by Crippen LogP contribution is 2.36. The lowest BCUT2D eigenvalue weighted by atomic mass is 9.85. The van der Waals surface area contributed by atoms with Crippen LogP contribution in [0.15, 0.2) is 24.3 Å². The van der Waals surface area contributed by atoms with Gasteiger partial charge >= 0.3 is 18.2 Å². The zero-order valence-electron chi connectivity index (χ0n) is 23.9. The van der Waals surface area contributed by atoms with E-state index in [9.17, 15) is 27.6 Å². The number of hydrogen-bond donors (Lipinski definition) is 1. The minimum Gasteiger partial charge on any atom is -0.488 e. The third kappa shape index (κ3) is 7.33. The summed E-state index contributed by atoms with van der Waals surface area (Å²) in [5, 5.41) is 2.98. The maximum absolute atomic E-state index is 13.8. The highest BCUT2D eigenvalue weighted by atomic mass is 19.4. The minimum absolute atomic E-state index is 0.0291. The minimum atomic E-state index is -4.71. The molecule has 1 saturated heterocycles. The Balaban J connectivity index is 1.95. The van der Waals surface area contributed by atoms with Gasteiger partial charge in [0.1, 0.15) is 35.2 Å². The van der Waals surface area contributed by atoms with Gasteiger partial charge in [-0.25, -0.2) is 14.6 Å². The lowest BCUT2D eigenvalue weighted by molar-refractivity contribution is -0.152. The number of pyridine rings is 1. The summed E-state index contributed by atoms with van der Waals surface area (Å²) in [7, 11) is 1.17. The Labute approximate surface area is 231 Å². The number of carbonyl (C=O) groups is 3. The maximum atomic E-state index is 13.8. The molecular weight excluding hydrogens is 531 g/mol. The van der Waals surface area contributed by atoms with E-state index in [0.29, 0.717) is 5.39 Å². The predicted octanol–water partition coefficient (Wildman–Crippen LogP) is 5.02. The topological polar surface area (TPSA) is 107 Å². The molecule has 1 aromatic heterocycles. The van der Waals surface area contributed by atoms with Crippen LogP contribution in [-0.2, 0) is 25.2 Å². The Morgan fingerprint density at radius 1 is 1.07 bits per heavy atom. The van der Waals surface area contributed by atoms with Crippen LogP contribution in [-0.4, -0.2) is 65.3 Å². The Morgan fingerprint density at radius 3 is 2.27 bits per heavy atom. The van der Waals surface area contributed by atoms with E-state index in [1.807, 2.05) is 0 Å². The zero-order valence-corrected chi connectivity index (χ0v) is 23.9. The molecule has 0 saturated carbocycles. The molecule has 220 valence electrons. The number of benzene rings is 1.